The fourth-order valence-corrected chi connectivity index (χ4v) is 1.72. The Labute approximate surface area is 121 Å². The Morgan fingerprint density at radius 3 is 2.20 bits per heavy atom. The van der Waals surface area contributed by atoms with Gasteiger partial charge in [-0.1, -0.05) is 0 Å². The van der Waals surface area contributed by atoms with Crippen molar-refractivity contribution in [3.05, 3.63) is 0 Å². The van der Waals surface area contributed by atoms with Gasteiger partial charge < -0.3 is 20.2 Å². The third kappa shape index (κ3) is 3.93. The third-order valence-corrected chi connectivity index (χ3v) is 3.23. The van der Waals surface area contributed by atoms with Crippen molar-refractivity contribution in [2.45, 2.75) is 33.7 Å². The van der Waals surface area contributed by atoms with Crippen LogP contribution in [0.4, 0.5) is 17.8 Å². The van der Waals surface area contributed by atoms with Crippen LogP contribution in [0.5, 0.6) is 0 Å². The van der Waals surface area contributed by atoms with Crippen molar-refractivity contribution in [1.29, 1.82) is 0 Å². The number of anilines is 3. The molecule has 0 aromatic carbocycles. The lowest BCUT2D eigenvalue weighted by Crippen LogP contribution is -2.34. The van der Waals surface area contributed by atoms with Crippen molar-refractivity contribution in [2.24, 2.45) is 0 Å². The van der Waals surface area contributed by atoms with Gasteiger partial charge in [-0.05, 0) is 27.7 Å². The second kappa shape index (κ2) is 7.84. The average Bonchev–Trinajstić information content (AvgIpc) is 2.47. The van der Waals surface area contributed by atoms with E-state index >= 15 is 0 Å². The summed E-state index contributed by atoms with van der Waals surface area (Å²) in [6.07, 6.45) is 0. The van der Waals surface area contributed by atoms with Gasteiger partial charge in [0.25, 0.3) is 0 Å². The van der Waals surface area contributed by atoms with Gasteiger partial charge in [0, 0.05) is 26.7 Å². The molecule has 20 heavy (non-hydrogen) atoms. The Balaban J connectivity index is 3.16. The monoisotopic (exact) mass is 282 g/mol. The highest BCUT2D eigenvalue weighted by molar-refractivity contribution is 5.45. The first kappa shape index (κ1) is 16.4. The van der Waals surface area contributed by atoms with E-state index in [0.717, 1.165) is 19.6 Å². The molecule has 0 saturated carbocycles. The van der Waals surface area contributed by atoms with Gasteiger partial charge in [0.1, 0.15) is 0 Å². The molecule has 0 fully saturated rings. The molecular formula is C13H26N6O. The zero-order chi connectivity index (χ0) is 15.1. The largest absolute Gasteiger partial charge is 0.394 e. The van der Waals surface area contributed by atoms with Gasteiger partial charge in [-0.3, -0.25) is 0 Å². The minimum absolute atomic E-state index is 0.0450. The molecule has 0 radical (unpaired) electrons. The molecule has 1 heterocycles. The number of nitrogens with zero attached hydrogens (tertiary/aromatic N) is 5. The lowest BCUT2D eigenvalue weighted by molar-refractivity contribution is 0.269. The number of aliphatic hydroxyl groups is 1. The Morgan fingerprint density at radius 1 is 1.10 bits per heavy atom. The number of nitrogens with one attached hydrogen (secondary N) is 1. The van der Waals surface area contributed by atoms with Crippen molar-refractivity contribution >= 4 is 17.8 Å². The SMILES string of the molecule is CCNc1nc(N(CC)CC)nc(N(C)C(C)CO)n1. The number of aliphatic hydroxyl groups excluding tert-OH is 1. The lowest BCUT2D eigenvalue weighted by atomic mass is 10.3. The number of hydrogen-bond acceptors (Lipinski definition) is 7. The predicted molar refractivity (Wildman–Crippen MR) is 82.5 cm³/mol. The minimum Gasteiger partial charge on any atom is -0.394 e. The van der Waals surface area contributed by atoms with Crippen molar-refractivity contribution < 1.29 is 5.11 Å². The van der Waals surface area contributed by atoms with E-state index in [-0.39, 0.29) is 12.6 Å². The summed E-state index contributed by atoms with van der Waals surface area (Å²) in [5.41, 5.74) is 0. The van der Waals surface area contributed by atoms with Crippen molar-refractivity contribution in [1.82, 2.24) is 15.0 Å². The Hall–Kier alpha value is -1.63. The summed E-state index contributed by atoms with van der Waals surface area (Å²) < 4.78 is 0. The van der Waals surface area contributed by atoms with Gasteiger partial charge in [-0.15, -0.1) is 0 Å². The molecule has 0 spiro atoms. The van der Waals surface area contributed by atoms with Gasteiger partial charge in [-0.25, -0.2) is 0 Å². The number of rotatable bonds is 8. The van der Waals surface area contributed by atoms with Crippen LogP contribution in [0.15, 0.2) is 0 Å². The molecule has 1 unspecified atom stereocenters. The van der Waals surface area contributed by atoms with Crippen molar-refractivity contribution in [2.75, 3.05) is 48.4 Å². The van der Waals surface area contributed by atoms with Crippen LogP contribution >= 0.6 is 0 Å². The third-order valence-electron chi connectivity index (χ3n) is 3.23. The summed E-state index contributed by atoms with van der Waals surface area (Å²) in [5.74, 6) is 1.80. The van der Waals surface area contributed by atoms with E-state index in [4.69, 9.17) is 0 Å². The predicted octanol–water partition coefficient (Wildman–Crippen LogP) is 0.967. The Morgan fingerprint density at radius 2 is 1.70 bits per heavy atom. The van der Waals surface area contributed by atoms with Gasteiger partial charge in [0.2, 0.25) is 17.8 Å². The molecule has 0 bridgehead atoms. The molecule has 1 atom stereocenters. The second-order valence-corrected chi connectivity index (χ2v) is 4.60. The van der Waals surface area contributed by atoms with Crippen LogP contribution in [0.3, 0.4) is 0 Å². The van der Waals surface area contributed by atoms with Gasteiger partial charge in [0.15, 0.2) is 0 Å². The van der Waals surface area contributed by atoms with E-state index in [1.165, 1.54) is 0 Å². The maximum atomic E-state index is 9.27. The van der Waals surface area contributed by atoms with E-state index in [2.05, 4.69) is 39.0 Å². The molecule has 114 valence electrons. The van der Waals surface area contributed by atoms with Gasteiger partial charge in [-0.2, -0.15) is 15.0 Å². The molecule has 7 heteroatoms. The highest BCUT2D eigenvalue weighted by atomic mass is 16.3. The molecule has 0 aliphatic carbocycles. The first-order valence-electron chi connectivity index (χ1n) is 7.15. The zero-order valence-electron chi connectivity index (χ0n) is 13.1. The van der Waals surface area contributed by atoms with Crippen molar-refractivity contribution in [3.63, 3.8) is 0 Å². The van der Waals surface area contributed by atoms with E-state index < -0.39 is 0 Å². The van der Waals surface area contributed by atoms with Crippen LogP contribution in [0.25, 0.3) is 0 Å². The molecule has 0 saturated heterocycles. The van der Waals surface area contributed by atoms with Crippen LogP contribution in [-0.2, 0) is 0 Å². The molecule has 0 aliphatic rings. The van der Waals surface area contributed by atoms with Crippen LogP contribution in [-0.4, -0.2) is 59.4 Å². The minimum atomic E-state index is -0.0450. The fourth-order valence-electron chi connectivity index (χ4n) is 1.72. The maximum absolute atomic E-state index is 9.27. The van der Waals surface area contributed by atoms with E-state index in [1.54, 1.807) is 0 Å². The number of hydrogen-bond donors (Lipinski definition) is 2. The lowest BCUT2D eigenvalue weighted by Gasteiger charge is -2.25. The first-order valence-corrected chi connectivity index (χ1v) is 7.15. The highest BCUT2D eigenvalue weighted by Crippen LogP contribution is 2.17. The summed E-state index contributed by atoms with van der Waals surface area (Å²) in [6, 6.07) is -0.0450. The zero-order valence-corrected chi connectivity index (χ0v) is 13.1. The quantitative estimate of drug-likeness (QED) is 0.735. The average molecular weight is 282 g/mol. The van der Waals surface area contributed by atoms with E-state index in [9.17, 15) is 5.11 Å². The summed E-state index contributed by atoms with van der Waals surface area (Å²) >= 11 is 0. The summed E-state index contributed by atoms with van der Waals surface area (Å²) in [5, 5.41) is 12.4. The van der Waals surface area contributed by atoms with Crippen LogP contribution in [0.2, 0.25) is 0 Å². The van der Waals surface area contributed by atoms with E-state index in [1.807, 2.05) is 25.8 Å². The Bertz CT molecular complexity index is 410. The summed E-state index contributed by atoms with van der Waals surface area (Å²) in [6.45, 7) is 10.5. The molecule has 0 aliphatic heterocycles. The molecule has 0 amide bonds. The second-order valence-electron chi connectivity index (χ2n) is 4.60. The van der Waals surface area contributed by atoms with Gasteiger partial charge in [0.05, 0.1) is 12.6 Å². The highest BCUT2D eigenvalue weighted by Gasteiger charge is 2.16. The molecule has 1 rings (SSSR count). The van der Waals surface area contributed by atoms with Gasteiger partial charge >= 0.3 is 0 Å². The Kier molecular flexibility index (Phi) is 6.44. The maximum Gasteiger partial charge on any atom is 0.232 e. The molecule has 7 nitrogen and oxygen atoms in total. The fraction of sp³-hybridized carbons (Fsp3) is 0.769. The van der Waals surface area contributed by atoms with E-state index in [0.29, 0.717) is 17.8 Å². The topological polar surface area (TPSA) is 77.4 Å². The first-order chi connectivity index (χ1) is 9.57. The number of likely N-dealkylation sites (N-methyl/N-ethyl adjacent to an activating group) is 1. The summed E-state index contributed by atoms with van der Waals surface area (Å²) in [4.78, 5) is 17.3. The molecule has 1 aromatic heterocycles. The summed E-state index contributed by atoms with van der Waals surface area (Å²) in [7, 11) is 1.87. The van der Waals surface area contributed by atoms with Crippen LogP contribution < -0.4 is 15.1 Å². The van der Waals surface area contributed by atoms with Crippen LogP contribution in [0.1, 0.15) is 27.7 Å². The molecular weight excluding hydrogens is 256 g/mol. The van der Waals surface area contributed by atoms with Crippen LogP contribution in [0, 0.1) is 0 Å². The normalized spacial score (nSPS) is 12.1. The smallest absolute Gasteiger partial charge is 0.232 e. The number of aromatic nitrogens is 3. The van der Waals surface area contributed by atoms with Crippen molar-refractivity contribution in [3.8, 4) is 0 Å². The standard InChI is InChI=1S/C13H26N6O/c1-6-14-11-15-12(18(5)10(4)9-20)17-13(16-11)19(7-2)8-3/h10,20H,6-9H2,1-5H3,(H,14,15,16,17). The molecule has 1 aromatic rings. The molecule has 2 N–H and O–H groups in total.